The molecule has 0 aliphatic heterocycles. The van der Waals surface area contributed by atoms with Crippen molar-refractivity contribution in [1.82, 2.24) is 9.97 Å². The normalized spacial score (nSPS) is 11.4. The third-order valence-electron chi connectivity index (χ3n) is 2.61. The van der Waals surface area contributed by atoms with Crippen LogP contribution in [0.2, 0.25) is 5.15 Å². The summed E-state index contributed by atoms with van der Waals surface area (Å²) in [4.78, 5) is 7.86. The first kappa shape index (κ1) is 14.6. The average molecular weight is 303 g/mol. The Hall–Kier alpha value is -1.82. The minimum absolute atomic E-state index is 0.222. The van der Waals surface area contributed by atoms with E-state index in [0.717, 1.165) is 0 Å². The molecule has 0 saturated heterocycles. The molecular formula is C13H10ClF3N2O. The zero-order valence-electron chi connectivity index (χ0n) is 10.4. The Bertz CT molecular complexity index is 617. The first-order valence-electron chi connectivity index (χ1n) is 5.77. The molecule has 2 aromatic rings. The zero-order chi connectivity index (χ0) is 14.8. The summed E-state index contributed by atoms with van der Waals surface area (Å²) in [5.74, 6) is -0.315. The maximum atomic E-state index is 12.4. The third kappa shape index (κ3) is 3.19. The van der Waals surface area contributed by atoms with Crippen LogP contribution in [0.3, 0.4) is 0 Å². The molecule has 0 unspecified atom stereocenters. The molecule has 3 nitrogen and oxygen atoms in total. The molecule has 2 rings (SSSR count). The molecule has 0 aliphatic carbocycles. The van der Waals surface area contributed by atoms with E-state index in [1.54, 1.807) is 6.07 Å². The van der Waals surface area contributed by atoms with Gasteiger partial charge in [-0.05, 0) is 18.6 Å². The predicted octanol–water partition coefficient (Wildman–Crippen LogP) is 4.26. The number of halogens is 4. The molecular weight excluding hydrogens is 293 g/mol. The lowest BCUT2D eigenvalue weighted by atomic mass is 10.0. The molecule has 0 spiro atoms. The number of benzene rings is 1. The molecule has 0 amide bonds. The van der Waals surface area contributed by atoms with Gasteiger partial charge in [0, 0.05) is 11.1 Å². The quantitative estimate of drug-likeness (QED) is 0.795. The second-order valence-corrected chi connectivity index (χ2v) is 4.25. The number of alkyl halides is 3. The van der Waals surface area contributed by atoms with Crippen LogP contribution in [0.1, 0.15) is 12.5 Å². The van der Waals surface area contributed by atoms with Gasteiger partial charge in [0.2, 0.25) is 0 Å². The van der Waals surface area contributed by atoms with Crippen molar-refractivity contribution in [3.8, 4) is 17.0 Å². The Morgan fingerprint density at radius 2 is 1.90 bits per heavy atom. The summed E-state index contributed by atoms with van der Waals surface area (Å²) in [6, 6.07) is 5.80. The van der Waals surface area contributed by atoms with E-state index >= 15 is 0 Å². The monoisotopic (exact) mass is 302 g/mol. The topological polar surface area (TPSA) is 35.0 Å². The van der Waals surface area contributed by atoms with E-state index in [4.69, 9.17) is 11.6 Å². The lowest BCUT2D eigenvalue weighted by Gasteiger charge is -2.14. The molecule has 7 heteroatoms. The van der Waals surface area contributed by atoms with Gasteiger partial charge in [0.25, 0.3) is 0 Å². The Labute approximate surface area is 118 Å². The molecule has 20 heavy (non-hydrogen) atoms. The number of ether oxygens (including phenoxy) is 1. The van der Waals surface area contributed by atoms with Crippen LogP contribution in [-0.4, -0.2) is 16.3 Å². The highest BCUT2D eigenvalue weighted by molar-refractivity contribution is 6.30. The first-order valence-corrected chi connectivity index (χ1v) is 6.14. The maximum absolute atomic E-state index is 12.4. The molecule has 0 N–H and O–H groups in total. The van der Waals surface area contributed by atoms with E-state index in [1.807, 2.05) is 6.92 Å². The van der Waals surface area contributed by atoms with Gasteiger partial charge >= 0.3 is 6.36 Å². The summed E-state index contributed by atoms with van der Waals surface area (Å²) in [7, 11) is 0. The highest BCUT2D eigenvalue weighted by Gasteiger charge is 2.32. The summed E-state index contributed by atoms with van der Waals surface area (Å²) >= 11 is 5.95. The van der Waals surface area contributed by atoms with E-state index in [1.165, 1.54) is 24.5 Å². The van der Waals surface area contributed by atoms with Gasteiger partial charge in [-0.3, -0.25) is 0 Å². The number of nitrogens with zero attached hydrogens (tertiary/aromatic N) is 2. The van der Waals surface area contributed by atoms with Crippen molar-refractivity contribution in [2.75, 3.05) is 0 Å². The summed E-state index contributed by atoms with van der Waals surface area (Å²) in [5, 5.41) is 0.222. The Morgan fingerprint density at radius 3 is 2.55 bits per heavy atom. The van der Waals surface area contributed by atoms with Crippen LogP contribution in [0.4, 0.5) is 13.2 Å². The fourth-order valence-corrected chi connectivity index (χ4v) is 2.08. The van der Waals surface area contributed by atoms with E-state index in [0.29, 0.717) is 17.7 Å². The Balaban J connectivity index is 2.56. The van der Waals surface area contributed by atoms with Gasteiger partial charge in [-0.25, -0.2) is 9.97 Å². The van der Waals surface area contributed by atoms with Gasteiger partial charge in [0.05, 0.1) is 5.69 Å². The zero-order valence-corrected chi connectivity index (χ0v) is 11.2. The van der Waals surface area contributed by atoms with Crippen molar-refractivity contribution < 1.29 is 17.9 Å². The van der Waals surface area contributed by atoms with E-state index < -0.39 is 6.36 Å². The van der Waals surface area contributed by atoms with Crippen molar-refractivity contribution in [3.05, 3.63) is 41.3 Å². The fraction of sp³-hybridized carbons (Fsp3) is 0.231. The van der Waals surface area contributed by atoms with Crippen molar-refractivity contribution >= 4 is 11.6 Å². The molecule has 106 valence electrons. The third-order valence-corrected chi connectivity index (χ3v) is 2.94. The van der Waals surface area contributed by atoms with Gasteiger partial charge in [0.1, 0.15) is 17.2 Å². The van der Waals surface area contributed by atoms with Gasteiger partial charge in [-0.15, -0.1) is 13.2 Å². The second kappa shape index (κ2) is 5.66. The summed E-state index contributed by atoms with van der Waals surface area (Å²) < 4.78 is 41.3. The molecule has 1 heterocycles. The summed E-state index contributed by atoms with van der Waals surface area (Å²) in [6.07, 6.45) is -3.06. The largest absolute Gasteiger partial charge is 0.573 e. The van der Waals surface area contributed by atoms with Crippen LogP contribution in [0.15, 0.2) is 30.6 Å². The van der Waals surface area contributed by atoms with Crippen molar-refractivity contribution in [2.45, 2.75) is 19.7 Å². The smallest absolute Gasteiger partial charge is 0.405 e. The summed E-state index contributed by atoms with van der Waals surface area (Å²) in [5.41, 5.74) is 1.14. The van der Waals surface area contributed by atoms with Gasteiger partial charge in [-0.2, -0.15) is 0 Å². The molecule has 0 fully saturated rings. The van der Waals surface area contributed by atoms with Crippen molar-refractivity contribution in [1.29, 1.82) is 0 Å². The van der Waals surface area contributed by atoms with Crippen LogP contribution < -0.4 is 4.74 Å². The Kier molecular flexibility index (Phi) is 4.13. The van der Waals surface area contributed by atoms with Crippen LogP contribution in [0, 0.1) is 0 Å². The van der Waals surface area contributed by atoms with Gasteiger partial charge in [0.15, 0.2) is 0 Å². The molecule has 0 radical (unpaired) electrons. The van der Waals surface area contributed by atoms with Crippen LogP contribution >= 0.6 is 11.6 Å². The van der Waals surface area contributed by atoms with Crippen LogP contribution in [-0.2, 0) is 6.42 Å². The molecule has 0 aliphatic rings. The minimum Gasteiger partial charge on any atom is -0.405 e. The van der Waals surface area contributed by atoms with Crippen LogP contribution in [0.5, 0.6) is 5.75 Å². The highest BCUT2D eigenvalue weighted by Crippen LogP contribution is 2.35. The number of hydrogen-bond donors (Lipinski definition) is 0. The number of hydrogen-bond acceptors (Lipinski definition) is 3. The number of aromatic nitrogens is 2. The SMILES string of the molecule is CCc1c(Cl)ncnc1-c1ccccc1OC(F)(F)F. The van der Waals surface area contributed by atoms with Crippen LogP contribution in [0.25, 0.3) is 11.3 Å². The van der Waals surface area contributed by atoms with E-state index in [9.17, 15) is 13.2 Å². The van der Waals surface area contributed by atoms with Gasteiger partial charge in [-0.1, -0.05) is 30.7 Å². The second-order valence-electron chi connectivity index (χ2n) is 3.89. The molecule has 0 saturated carbocycles. The van der Waals surface area contributed by atoms with Crippen molar-refractivity contribution in [3.63, 3.8) is 0 Å². The van der Waals surface area contributed by atoms with E-state index in [-0.39, 0.29) is 16.5 Å². The molecule has 0 atom stereocenters. The fourth-order valence-electron chi connectivity index (χ4n) is 1.81. The lowest BCUT2D eigenvalue weighted by Crippen LogP contribution is -2.17. The average Bonchev–Trinajstić information content (AvgIpc) is 2.37. The predicted molar refractivity (Wildman–Crippen MR) is 68.5 cm³/mol. The highest BCUT2D eigenvalue weighted by atomic mass is 35.5. The minimum atomic E-state index is -4.76. The first-order chi connectivity index (χ1) is 9.42. The number of rotatable bonds is 3. The van der Waals surface area contributed by atoms with Gasteiger partial charge < -0.3 is 4.74 Å². The molecule has 1 aromatic carbocycles. The summed E-state index contributed by atoms with van der Waals surface area (Å²) in [6.45, 7) is 1.82. The van der Waals surface area contributed by atoms with E-state index in [2.05, 4.69) is 14.7 Å². The maximum Gasteiger partial charge on any atom is 0.573 e. The molecule has 1 aromatic heterocycles. The molecule has 0 bridgehead atoms. The standard InChI is InChI=1S/C13H10ClF3N2O/c1-2-8-11(18-7-19-12(8)14)9-5-3-4-6-10(9)20-13(15,16)17/h3-7H,2H2,1H3. The Morgan fingerprint density at radius 1 is 1.20 bits per heavy atom. The number of para-hydroxylation sites is 1. The van der Waals surface area contributed by atoms with Crippen molar-refractivity contribution in [2.24, 2.45) is 0 Å². The lowest BCUT2D eigenvalue weighted by molar-refractivity contribution is -0.274.